The molecule has 1 saturated carbocycles. The summed E-state index contributed by atoms with van der Waals surface area (Å²) in [5, 5.41) is 4.22. The number of aromatic amines is 1. The van der Waals surface area contributed by atoms with Crippen LogP contribution in [0.5, 0.6) is 0 Å². The van der Waals surface area contributed by atoms with Crippen molar-refractivity contribution in [1.82, 2.24) is 4.98 Å². The summed E-state index contributed by atoms with van der Waals surface area (Å²) < 4.78 is 0. The topological polar surface area (TPSA) is 44.9 Å². The van der Waals surface area contributed by atoms with Crippen molar-refractivity contribution in [2.75, 3.05) is 5.32 Å². The molecule has 110 valence electrons. The maximum absolute atomic E-state index is 12.8. The SMILES string of the molecule is Cc1ccc(NC(=O)C2(c3c[nH]c4ccccc34)CC2)cc1. The maximum atomic E-state index is 12.8. The molecule has 1 aliphatic rings. The number of hydrogen-bond donors (Lipinski definition) is 2. The molecule has 2 N–H and O–H groups in total. The van der Waals surface area contributed by atoms with E-state index in [1.807, 2.05) is 55.6 Å². The number of aryl methyl sites for hydroxylation is 1. The van der Waals surface area contributed by atoms with Gasteiger partial charge in [0.1, 0.15) is 0 Å². The van der Waals surface area contributed by atoms with Crippen LogP contribution in [0.1, 0.15) is 24.0 Å². The second-order valence-electron chi connectivity index (χ2n) is 6.15. The summed E-state index contributed by atoms with van der Waals surface area (Å²) in [4.78, 5) is 16.1. The highest BCUT2D eigenvalue weighted by atomic mass is 16.2. The van der Waals surface area contributed by atoms with Crippen LogP contribution in [-0.2, 0) is 10.2 Å². The summed E-state index contributed by atoms with van der Waals surface area (Å²) in [6, 6.07) is 16.1. The first kappa shape index (κ1) is 13.1. The summed E-state index contributed by atoms with van der Waals surface area (Å²) in [5.74, 6) is 0.0982. The van der Waals surface area contributed by atoms with Gasteiger partial charge in [0.2, 0.25) is 5.91 Å². The summed E-state index contributed by atoms with van der Waals surface area (Å²) in [7, 11) is 0. The van der Waals surface area contributed by atoms with Gasteiger partial charge in [-0.15, -0.1) is 0 Å². The van der Waals surface area contributed by atoms with Crippen molar-refractivity contribution in [3.63, 3.8) is 0 Å². The molecule has 1 aliphatic carbocycles. The number of nitrogens with one attached hydrogen (secondary N) is 2. The average Bonchev–Trinajstić information content (AvgIpc) is 3.23. The Morgan fingerprint density at radius 3 is 2.55 bits per heavy atom. The van der Waals surface area contributed by atoms with Gasteiger partial charge in [0, 0.05) is 22.8 Å². The first-order valence-electron chi connectivity index (χ1n) is 7.64. The van der Waals surface area contributed by atoms with E-state index in [0.717, 1.165) is 35.0 Å². The second-order valence-corrected chi connectivity index (χ2v) is 6.15. The molecule has 3 nitrogen and oxygen atoms in total. The number of rotatable bonds is 3. The summed E-state index contributed by atoms with van der Waals surface area (Å²) in [6.45, 7) is 2.04. The Kier molecular flexibility index (Phi) is 2.83. The maximum Gasteiger partial charge on any atom is 0.235 e. The predicted octanol–water partition coefficient (Wildman–Crippen LogP) is 4.15. The van der Waals surface area contributed by atoms with Crippen LogP contribution in [0.2, 0.25) is 0 Å². The Balaban J connectivity index is 1.66. The van der Waals surface area contributed by atoms with E-state index < -0.39 is 0 Å². The third-order valence-corrected chi connectivity index (χ3v) is 4.60. The van der Waals surface area contributed by atoms with Crippen molar-refractivity contribution in [3.05, 3.63) is 65.9 Å². The first-order chi connectivity index (χ1) is 10.7. The van der Waals surface area contributed by atoms with Crippen LogP contribution >= 0.6 is 0 Å². The van der Waals surface area contributed by atoms with Gasteiger partial charge in [-0.1, -0.05) is 35.9 Å². The van der Waals surface area contributed by atoms with Crippen molar-refractivity contribution in [1.29, 1.82) is 0 Å². The molecule has 0 spiro atoms. The van der Waals surface area contributed by atoms with E-state index in [0.29, 0.717) is 0 Å². The number of hydrogen-bond acceptors (Lipinski definition) is 1. The molecule has 1 amide bonds. The fraction of sp³-hybridized carbons (Fsp3) is 0.211. The molecule has 0 bridgehead atoms. The number of aromatic nitrogens is 1. The zero-order chi connectivity index (χ0) is 15.2. The number of carbonyl (C=O) groups excluding carboxylic acids is 1. The molecule has 0 saturated heterocycles. The Labute approximate surface area is 129 Å². The number of amides is 1. The highest BCUT2D eigenvalue weighted by Gasteiger charge is 2.52. The quantitative estimate of drug-likeness (QED) is 0.748. The van der Waals surface area contributed by atoms with Gasteiger partial charge < -0.3 is 10.3 Å². The second kappa shape index (κ2) is 4.73. The zero-order valence-corrected chi connectivity index (χ0v) is 12.5. The van der Waals surface area contributed by atoms with Gasteiger partial charge >= 0.3 is 0 Å². The van der Waals surface area contributed by atoms with Crippen molar-refractivity contribution < 1.29 is 4.79 Å². The Morgan fingerprint density at radius 1 is 1.09 bits per heavy atom. The molecule has 3 aromatic rings. The fourth-order valence-corrected chi connectivity index (χ4v) is 3.10. The minimum Gasteiger partial charge on any atom is -0.361 e. The van der Waals surface area contributed by atoms with Crippen molar-refractivity contribution >= 4 is 22.5 Å². The highest BCUT2D eigenvalue weighted by molar-refractivity contribution is 6.04. The number of H-pyrrole nitrogens is 1. The zero-order valence-electron chi connectivity index (χ0n) is 12.5. The molecule has 1 aromatic heterocycles. The van der Waals surface area contributed by atoms with Crippen LogP contribution in [0.15, 0.2) is 54.7 Å². The molecule has 0 aliphatic heterocycles. The van der Waals surface area contributed by atoms with Gasteiger partial charge in [-0.25, -0.2) is 0 Å². The predicted molar refractivity (Wildman–Crippen MR) is 89.0 cm³/mol. The van der Waals surface area contributed by atoms with Crippen LogP contribution in [0.25, 0.3) is 10.9 Å². The first-order valence-corrected chi connectivity index (χ1v) is 7.64. The summed E-state index contributed by atoms with van der Waals surface area (Å²) in [6.07, 6.45) is 3.81. The van der Waals surface area contributed by atoms with E-state index in [-0.39, 0.29) is 11.3 Å². The third kappa shape index (κ3) is 2.01. The molecule has 0 unspecified atom stereocenters. The lowest BCUT2D eigenvalue weighted by atomic mass is 9.94. The number of fused-ring (bicyclic) bond motifs is 1. The third-order valence-electron chi connectivity index (χ3n) is 4.60. The monoisotopic (exact) mass is 290 g/mol. The number of anilines is 1. The number of carbonyl (C=O) groups is 1. The lowest BCUT2D eigenvalue weighted by Gasteiger charge is -2.15. The Morgan fingerprint density at radius 2 is 1.82 bits per heavy atom. The number of para-hydroxylation sites is 1. The molecule has 0 radical (unpaired) electrons. The lowest BCUT2D eigenvalue weighted by Crippen LogP contribution is -2.27. The smallest absolute Gasteiger partial charge is 0.235 e. The van der Waals surface area contributed by atoms with E-state index in [2.05, 4.69) is 16.4 Å². The molecular weight excluding hydrogens is 272 g/mol. The van der Waals surface area contributed by atoms with Crippen molar-refractivity contribution in [2.45, 2.75) is 25.2 Å². The Hall–Kier alpha value is -2.55. The molecule has 1 fully saturated rings. The van der Waals surface area contributed by atoms with Gasteiger partial charge in [-0.2, -0.15) is 0 Å². The van der Waals surface area contributed by atoms with Crippen LogP contribution in [0.4, 0.5) is 5.69 Å². The number of benzene rings is 2. The van der Waals surface area contributed by atoms with E-state index in [1.165, 1.54) is 5.56 Å². The molecule has 4 rings (SSSR count). The minimum absolute atomic E-state index is 0.0982. The van der Waals surface area contributed by atoms with E-state index >= 15 is 0 Å². The van der Waals surface area contributed by atoms with E-state index in [9.17, 15) is 4.79 Å². The van der Waals surface area contributed by atoms with Gasteiger partial charge in [0.05, 0.1) is 5.41 Å². The molecule has 2 aromatic carbocycles. The van der Waals surface area contributed by atoms with Gasteiger partial charge in [-0.3, -0.25) is 4.79 Å². The molecular formula is C19H18N2O. The average molecular weight is 290 g/mol. The normalized spacial score (nSPS) is 15.7. The van der Waals surface area contributed by atoms with Crippen molar-refractivity contribution in [2.24, 2.45) is 0 Å². The standard InChI is InChI=1S/C19H18N2O/c1-13-6-8-14(9-7-13)21-18(22)19(10-11-19)16-12-20-17-5-3-2-4-15(16)17/h2-9,12,20H,10-11H2,1H3,(H,21,22). The lowest BCUT2D eigenvalue weighted by molar-refractivity contribution is -0.118. The highest BCUT2D eigenvalue weighted by Crippen LogP contribution is 2.51. The van der Waals surface area contributed by atoms with E-state index in [4.69, 9.17) is 0 Å². The Bertz CT molecular complexity index is 841. The van der Waals surface area contributed by atoms with Crippen LogP contribution < -0.4 is 5.32 Å². The molecule has 22 heavy (non-hydrogen) atoms. The molecule has 1 heterocycles. The van der Waals surface area contributed by atoms with Crippen LogP contribution in [0.3, 0.4) is 0 Å². The summed E-state index contributed by atoms with van der Waals surface area (Å²) in [5.41, 5.74) is 3.89. The van der Waals surface area contributed by atoms with Gasteiger partial charge in [0.25, 0.3) is 0 Å². The molecule has 0 atom stereocenters. The minimum atomic E-state index is -0.371. The largest absolute Gasteiger partial charge is 0.361 e. The fourth-order valence-electron chi connectivity index (χ4n) is 3.10. The van der Waals surface area contributed by atoms with E-state index in [1.54, 1.807) is 0 Å². The van der Waals surface area contributed by atoms with Gasteiger partial charge in [-0.05, 0) is 43.5 Å². The van der Waals surface area contributed by atoms with Crippen LogP contribution in [-0.4, -0.2) is 10.9 Å². The summed E-state index contributed by atoms with van der Waals surface area (Å²) >= 11 is 0. The van der Waals surface area contributed by atoms with Crippen molar-refractivity contribution in [3.8, 4) is 0 Å². The molecule has 3 heteroatoms. The van der Waals surface area contributed by atoms with Crippen LogP contribution in [0, 0.1) is 6.92 Å². The van der Waals surface area contributed by atoms with Gasteiger partial charge in [0.15, 0.2) is 0 Å².